The van der Waals surface area contributed by atoms with Crippen LogP contribution in [0.1, 0.15) is 31.9 Å². The standard InChI is InChI=1S/C25H25N5O2/c1-16-4-7-21(19-13-26-30(14-19)15-25(2)9-8-20(31)12-25)24(27-16)18-6-5-17-11-23(32-3)29-28-22(17)10-18/h4-7,10-11,13-14H,8-9,12,15H2,1-3H3/t25-/m1/s1. The molecule has 1 aliphatic rings. The molecule has 0 saturated heterocycles. The van der Waals surface area contributed by atoms with Gasteiger partial charge in [0.25, 0.3) is 0 Å². The van der Waals surface area contributed by atoms with Gasteiger partial charge >= 0.3 is 0 Å². The van der Waals surface area contributed by atoms with Crippen LogP contribution in [-0.4, -0.2) is 37.9 Å². The van der Waals surface area contributed by atoms with E-state index in [-0.39, 0.29) is 5.41 Å². The normalized spacial score (nSPS) is 18.4. The van der Waals surface area contributed by atoms with E-state index >= 15 is 0 Å². The van der Waals surface area contributed by atoms with Crippen LogP contribution >= 0.6 is 0 Å². The number of hydrogen-bond acceptors (Lipinski definition) is 6. The molecule has 5 rings (SSSR count). The molecule has 7 heteroatoms. The molecular weight excluding hydrogens is 402 g/mol. The number of hydrogen-bond donors (Lipinski definition) is 0. The van der Waals surface area contributed by atoms with Gasteiger partial charge in [-0.3, -0.25) is 14.5 Å². The lowest BCUT2D eigenvalue weighted by molar-refractivity contribution is -0.118. The Bertz CT molecular complexity index is 1330. The number of ether oxygens (including phenoxy) is 1. The molecular formula is C25H25N5O2. The van der Waals surface area contributed by atoms with Crippen molar-refractivity contribution in [3.63, 3.8) is 0 Å². The van der Waals surface area contributed by atoms with Crippen LogP contribution < -0.4 is 4.74 Å². The minimum absolute atomic E-state index is 0.0210. The summed E-state index contributed by atoms with van der Waals surface area (Å²) in [5, 5.41) is 13.9. The third-order valence-electron chi connectivity index (χ3n) is 6.20. The first-order chi connectivity index (χ1) is 15.4. The maximum atomic E-state index is 11.8. The summed E-state index contributed by atoms with van der Waals surface area (Å²) in [7, 11) is 1.58. The van der Waals surface area contributed by atoms with Gasteiger partial charge in [-0.05, 0) is 30.9 Å². The molecule has 3 aromatic heterocycles. The summed E-state index contributed by atoms with van der Waals surface area (Å²) in [5.41, 5.74) is 5.56. The summed E-state index contributed by atoms with van der Waals surface area (Å²) in [6, 6.07) is 12.0. The number of carbonyl (C=O) groups excluding carboxylic acids is 1. The van der Waals surface area contributed by atoms with E-state index in [0.29, 0.717) is 24.5 Å². The second-order valence-electron chi connectivity index (χ2n) is 8.96. The quantitative estimate of drug-likeness (QED) is 0.462. The van der Waals surface area contributed by atoms with E-state index in [4.69, 9.17) is 9.72 Å². The lowest BCUT2D eigenvalue weighted by Gasteiger charge is -2.22. The lowest BCUT2D eigenvalue weighted by Crippen LogP contribution is -2.20. The molecule has 1 aromatic carbocycles. The van der Waals surface area contributed by atoms with E-state index in [9.17, 15) is 4.79 Å². The highest BCUT2D eigenvalue weighted by atomic mass is 16.5. The van der Waals surface area contributed by atoms with Crippen molar-refractivity contribution in [3.8, 4) is 28.3 Å². The highest BCUT2D eigenvalue weighted by Gasteiger charge is 2.34. The number of fused-ring (bicyclic) bond motifs is 1. The molecule has 1 aliphatic carbocycles. The number of aryl methyl sites for hydroxylation is 1. The number of nitrogens with zero attached hydrogens (tertiary/aromatic N) is 5. The van der Waals surface area contributed by atoms with Crippen LogP contribution in [0.25, 0.3) is 33.3 Å². The SMILES string of the molecule is COc1cc2ccc(-c3nc(C)ccc3-c3cnn(C[C@]4(C)CCC(=O)C4)c3)cc2nn1. The molecule has 7 nitrogen and oxygen atoms in total. The number of pyridine rings is 1. The molecule has 0 aliphatic heterocycles. The van der Waals surface area contributed by atoms with Gasteiger partial charge in [0.1, 0.15) is 5.78 Å². The average molecular weight is 428 g/mol. The molecule has 1 saturated carbocycles. The fourth-order valence-corrected chi connectivity index (χ4v) is 4.48. The molecule has 4 aromatic rings. The molecule has 3 heterocycles. The molecule has 1 atom stereocenters. The van der Waals surface area contributed by atoms with E-state index < -0.39 is 0 Å². The summed E-state index contributed by atoms with van der Waals surface area (Å²) in [5.74, 6) is 0.839. The third kappa shape index (κ3) is 3.86. The molecule has 0 N–H and O–H groups in total. The predicted octanol–water partition coefficient (Wildman–Crippen LogP) is 4.63. The van der Waals surface area contributed by atoms with Crippen molar-refractivity contribution in [1.82, 2.24) is 25.0 Å². The van der Waals surface area contributed by atoms with E-state index in [1.54, 1.807) is 7.11 Å². The van der Waals surface area contributed by atoms with Gasteiger partial charge in [-0.25, -0.2) is 0 Å². The van der Waals surface area contributed by atoms with Crippen molar-refractivity contribution in [2.75, 3.05) is 7.11 Å². The zero-order valence-electron chi connectivity index (χ0n) is 18.5. The molecule has 0 bridgehead atoms. The van der Waals surface area contributed by atoms with Gasteiger partial charge in [-0.15, -0.1) is 10.2 Å². The van der Waals surface area contributed by atoms with Crippen molar-refractivity contribution < 1.29 is 9.53 Å². The van der Waals surface area contributed by atoms with Crippen LogP contribution in [0.3, 0.4) is 0 Å². The third-order valence-corrected chi connectivity index (χ3v) is 6.20. The molecule has 0 unspecified atom stereocenters. The smallest absolute Gasteiger partial charge is 0.233 e. The summed E-state index contributed by atoms with van der Waals surface area (Å²) in [6.45, 7) is 4.89. The molecule has 0 spiro atoms. The van der Waals surface area contributed by atoms with Gasteiger partial charge < -0.3 is 4.74 Å². The van der Waals surface area contributed by atoms with Gasteiger partial charge in [0.05, 0.1) is 24.5 Å². The second kappa shape index (κ2) is 7.82. The van der Waals surface area contributed by atoms with E-state index in [1.807, 2.05) is 48.1 Å². The average Bonchev–Trinajstić information content (AvgIpc) is 3.38. The van der Waals surface area contributed by atoms with Gasteiger partial charge in [0.15, 0.2) is 0 Å². The lowest BCUT2D eigenvalue weighted by atomic mass is 9.89. The fraction of sp³-hybridized carbons (Fsp3) is 0.320. The van der Waals surface area contributed by atoms with Crippen LogP contribution in [0.2, 0.25) is 0 Å². The largest absolute Gasteiger partial charge is 0.480 e. The Morgan fingerprint density at radius 2 is 2.00 bits per heavy atom. The first kappa shape index (κ1) is 20.3. The summed E-state index contributed by atoms with van der Waals surface area (Å²) in [4.78, 5) is 16.6. The fourth-order valence-electron chi connectivity index (χ4n) is 4.48. The number of ketones is 1. The maximum Gasteiger partial charge on any atom is 0.233 e. The zero-order chi connectivity index (χ0) is 22.3. The first-order valence-electron chi connectivity index (χ1n) is 10.8. The Hall–Kier alpha value is -3.61. The number of Topliss-reactive ketones (excluding diaryl/α,β-unsaturated/α-hetero) is 1. The monoisotopic (exact) mass is 427 g/mol. The Morgan fingerprint density at radius 1 is 1.12 bits per heavy atom. The van der Waals surface area contributed by atoms with Gasteiger partial charge in [0.2, 0.25) is 5.88 Å². The van der Waals surface area contributed by atoms with Crippen LogP contribution in [0, 0.1) is 12.3 Å². The first-order valence-corrected chi connectivity index (χ1v) is 10.8. The summed E-state index contributed by atoms with van der Waals surface area (Å²) < 4.78 is 7.13. The molecule has 0 radical (unpaired) electrons. The highest BCUT2D eigenvalue weighted by molar-refractivity contribution is 5.88. The summed E-state index contributed by atoms with van der Waals surface area (Å²) in [6.07, 6.45) is 6.15. The highest BCUT2D eigenvalue weighted by Crippen LogP contribution is 2.38. The predicted molar refractivity (Wildman–Crippen MR) is 122 cm³/mol. The van der Waals surface area contributed by atoms with E-state index in [0.717, 1.165) is 51.9 Å². The minimum atomic E-state index is -0.0210. The Morgan fingerprint density at radius 3 is 2.78 bits per heavy atom. The van der Waals surface area contributed by atoms with Crippen LogP contribution in [0.4, 0.5) is 0 Å². The number of aromatic nitrogens is 5. The Kier molecular flexibility index (Phi) is 4.96. The molecule has 162 valence electrons. The van der Waals surface area contributed by atoms with E-state index in [2.05, 4.69) is 34.5 Å². The number of rotatable bonds is 5. The van der Waals surface area contributed by atoms with Crippen molar-refractivity contribution in [3.05, 3.63) is 54.5 Å². The topological polar surface area (TPSA) is 82.8 Å². The van der Waals surface area contributed by atoms with Gasteiger partial charge in [-0.2, -0.15) is 5.10 Å². The molecule has 1 fully saturated rings. The number of carbonyl (C=O) groups is 1. The maximum absolute atomic E-state index is 11.8. The second-order valence-corrected chi connectivity index (χ2v) is 8.96. The van der Waals surface area contributed by atoms with E-state index in [1.165, 1.54) is 0 Å². The van der Waals surface area contributed by atoms with Crippen LogP contribution in [0.5, 0.6) is 5.88 Å². The van der Waals surface area contributed by atoms with Crippen LogP contribution in [0.15, 0.2) is 48.8 Å². The number of methoxy groups -OCH3 is 1. The number of benzene rings is 1. The van der Waals surface area contributed by atoms with Crippen molar-refractivity contribution in [2.45, 2.75) is 39.7 Å². The molecule has 0 amide bonds. The molecule has 32 heavy (non-hydrogen) atoms. The Balaban J connectivity index is 1.51. The van der Waals surface area contributed by atoms with Gasteiger partial charge in [-0.1, -0.05) is 25.1 Å². The van der Waals surface area contributed by atoms with Crippen LogP contribution in [-0.2, 0) is 11.3 Å². The Labute approximate surface area is 186 Å². The van der Waals surface area contributed by atoms with Crippen molar-refractivity contribution >= 4 is 16.7 Å². The zero-order valence-corrected chi connectivity index (χ0v) is 18.5. The van der Waals surface area contributed by atoms with Crippen molar-refractivity contribution in [2.24, 2.45) is 5.41 Å². The van der Waals surface area contributed by atoms with Gasteiger partial charge in [0, 0.05) is 59.4 Å². The minimum Gasteiger partial charge on any atom is -0.480 e. The van der Waals surface area contributed by atoms with Crippen molar-refractivity contribution in [1.29, 1.82) is 0 Å². The summed E-state index contributed by atoms with van der Waals surface area (Å²) >= 11 is 0.